The summed E-state index contributed by atoms with van der Waals surface area (Å²) in [6, 6.07) is 9.82. The lowest BCUT2D eigenvalue weighted by molar-refractivity contribution is -0.144. The van der Waals surface area contributed by atoms with Gasteiger partial charge >= 0.3 is 0 Å². The maximum Gasteiger partial charge on any atom is 0.248 e. The normalized spacial score (nSPS) is 17.6. The molecule has 1 aliphatic heterocycles. The van der Waals surface area contributed by atoms with Gasteiger partial charge < -0.3 is 14.4 Å². The fraction of sp³-hybridized carbons (Fsp3) is 0.500. The first kappa shape index (κ1) is 17.6. The average Bonchev–Trinajstić information content (AvgIpc) is 3.12. The Kier molecular flexibility index (Phi) is 6.14. The van der Waals surface area contributed by atoms with Gasteiger partial charge in [-0.15, -0.1) is 0 Å². The van der Waals surface area contributed by atoms with Crippen LogP contribution in [0.5, 0.6) is 0 Å². The number of rotatable bonds is 7. The smallest absolute Gasteiger partial charge is 0.248 e. The zero-order valence-electron chi connectivity index (χ0n) is 14.5. The first-order chi connectivity index (χ1) is 12.3. The summed E-state index contributed by atoms with van der Waals surface area (Å²) < 4.78 is 11.3. The van der Waals surface area contributed by atoms with Gasteiger partial charge in [0, 0.05) is 13.0 Å². The topological polar surface area (TPSA) is 80.3 Å². The maximum absolute atomic E-state index is 12.4. The number of hydrogen-bond donors (Lipinski definition) is 1. The van der Waals surface area contributed by atoms with Gasteiger partial charge in [-0.05, 0) is 12.0 Å². The number of nitrogens with one attached hydrogen (secondary N) is 1. The Morgan fingerprint density at radius 3 is 3.04 bits per heavy atom. The number of aryl methyl sites for hydroxylation is 1. The van der Waals surface area contributed by atoms with Crippen molar-refractivity contribution in [1.29, 1.82) is 0 Å². The zero-order valence-corrected chi connectivity index (χ0v) is 14.5. The molecule has 1 aliphatic rings. The second kappa shape index (κ2) is 8.73. The molecular weight excluding hydrogens is 320 g/mol. The minimum Gasteiger partial charge on any atom is -0.367 e. The molecule has 7 nitrogen and oxygen atoms in total. The van der Waals surface area contributed by atoms with Crippen LogP contribution in [0.2, 0.25) is 0 Å². The molecule has 1 aromatic heterocycles. The third-order valence-corrected chi connectivity index (χ3v) is 4.08. The third-order valence-electron chi connectivity index (χ3n) is 4.08. The summed E-state index contributed by atoms with van der Waals surface area (Å²) in [7, 11) is 0. The predicted molar refractivity (Wildman–Crippen MR) is 91.7 cm³/mol. The summed E-state index contributed by atoms with van der Waals surface area (Å²) in [4.78, 5) is 18.6. The summed E-state index contributed by atoms with van der Waals surface area (Å²) in [5.41, 5.74) is 1.05. The zero-order chi connectivity index (χ0) is 17.5. The van der Waals surface area contributed by atoms with Crippen molar-refractivity contribution < 1.29 is 14.3 Å². The Labute approximate surface area is 147 Å². The number of benzene rings is 1. The molecule has 1 aromatic carbocycles. The molecule has 134 valence electrons. The summed E-state index contributed by atoms with van der Waals surface area (Å²) in [6.07, 6.45) is 1.58. The second-order valence-corrected chi connectivity index (χ2v) is 6.07. The van der Waals surface area contributed by atoms with Crippen LogP contribution < -0.4 is 0 Å². The van der Waals surface area contributed by atoms with Gasteiger partial charge in [0.25, 0.3) is 0 Å². The van der Waals surface area contributed by atoms with Crippen LogP contribution in [0.25, 0.3) is 0 Å². The van der Waals surface area contributed by atoms with Crippen molar-refractivity contribution >= 4 is 5.91 Å². The van der Waals surface area contributed by atoms with E-state index >= 15 is 0 Å². The number of carbonyl (C=O) groups is 1. The SMILES string of the molecule is CCCc1nc(C2CN(C(=O)COCc3ccccc3)CCO2)n[nH]1. The van der Waals surface area contributed by atoms with Crippen LogP contribution in [0, 0.1) is 0 Å². The number of morpholine rings is 1. The van der Waals surface area contributed by atoms with Gasteiger partial charge in [0.05, 0.1) is 19.8 Å². The molecule has 7 heteroatoms. The Hall–Kier alpha value is -2.25. The van der Waals surface area contributed by atoms with Crippen molar-refractivity contribution in [2.24, 2.45) is 0 Å². The van der Waals surface area contributed by atoms with Crippen molar-refractivity contribution in [2.75, 3.05) is 26.3 Å². The van der Waals surface area contributed by atoms with Crippen LogP contribution in [0.4, 0.5) is 0 Å². The molecular formula is C18H24N4O3. The van der Waals surface area contributed by atoms with Crippen molar-refractivity contribution in [1.82, 2.24) is 20.1 Å². The van der Waals surface area contributed by atoms with Gasteiger partial charge in [0.2, 0.25) is 5.91 Å². The van der Waals surface area contributed by atoms with E-state index in [-0.39, 0.29) is 18.6 Å². The molecule has 25 heavy (non-hydrogen) atoms. The maximum atomic E-state index is 12.4. The number of aromatic amines is 1. The number of amides is 1. The molecule has 3 rings (SSSR count). The standard InChI is InChI=1S/C18H24N4O3/c1-2-6-16-19-18(21-20-16)15-11-22(9-10-25-15)17(23)13-24-12-14-7-4-3-5-8-14/h3-5,7-8,15H,2,6,9-13H2,1H3,(H,19,20,21). The summed E-state index contributed by atoms with van der Waals surface area (Å²) >= 11 is 0. The highest BCUT2D eigenvalue weighted by atomic mass is 16.5. The fourth-order valence-corrected chi connectivity index (χ4v) is 2.76. The first-order valence-electron chi connectivity index (χ1n) is 8.68. The molecule has 1 unspecified atom stereocenters. The van der Waals surface area contributed by atoms with Gasteiger partial charge in [-0.3, -0.25) is 9.89 Å². The van der Waals surface area contributed by atoms with E-state index in [1.54, 1.807) is 4.90 Å². The third kappa shape index (κ3) is 4.87. The first-order valence-corrected chi connectivity index (χ1v) is 8.68. The lowest BCUT2D eigenvalue weighted by atomic mass is 10.2. The molecule has 0 radical (unpaired) electrons. The fourth-order valence-electron chi connectivity index (χ4n) is 2.76. The molecule has 1 fully saturated rings. The Morgan fingerprint density at radius 2 is 2.24 bits per heavy atom. The van der Waals surface area contributed by atoms with Crippen molar-refractivity contribution in [3.05, 3.63) is 47.5 Å². The minimum absolute atomic E-state index is 0.0338. The van der Waals surface area contributed by atoms with E-state index in [4.69, 9.17) is 9.47 Å². The molecule has 1 atom stereocenters. The molecule has 2 heterocycles. The molecule has 0 bridgehead atoms. The van der Waals surface area contributed by atoms with Gasteiger partial charge in [-0.2, -0.15) is 5.10 Å². The largest absolute Gasteiger partial charge is 0.367 e. The van der Waals surface area contributed by atoms with E-state index in [9.17, 15) is 4.79 Å². The van der Waals surface area contributed by atoms with E-state index in [2.05, 4.69) is 22.1 Å². The second-order valence-electron chi connectivity index (χ2n) is 6.07. The van der Waals surface area contributed by atoms with E-state index in [0.29, 0.717) is 32.1 Å². The van der Waals surface area contributed by atoms with Crippen LogP contribution in [0.15, 0.2) is 30.3 Å². The molecule has 0 spiro atoms. The molecule has 1 N–H and O–H groups in total. The summed E-state index contributed by atoms with van der Waals surface area (Å²) in [6.45, 7) is 4.09. The van der Waals surface area contributed by atoms with Crippen LogP contribution in [-0.2, 0) is 27.3 Å². The van der Waals surface area contributed by atoms with Crippen molar-refractivity contribution in [2.45, 2.75) is 32.5 Å². The number of carbonyl (C=O) groups excluding carboxylic acids is 1. The quantitative estimate of drug-likeness (QED) is 0.829. The molecule has 1 saturated heterocycles. The summed E-state index contributed by atoms with van der Waals surface area (Å²) in [5.74, 6) is 1.44. The van der Waals surface area contributed by atoms with Gasteiger partial charge in [-0.25, -0.2) is 4.98 Å². The van der Waals surface area contributed by atoms with Gasteiger partial charge in [0.15, 0.2) is 5.82 Å². The highest BCUT2D eigenvalue weighted by Gasteiger charge is 2.28. The Bertz CT molecular complexity index is 674. The lowest BCUT2D eigenvalue weighted by Crippen LogP contribution is -2.44. The van der Waals surface area contributed by atoms with Gasteiger partial charge in [0.1, 0.15) is 18.5 Å². The Morgan fingerprint density at radius 1 is 1.40 bits per heavy atom. The molecule has 0 saturated carbocycles. The van der Waals surface area contributed by atoms with Gasteiger partial charge in [-0.1, -0.05) is 37.3 Å². The number of H-pyrrole nitrogens is 1. The average molecular weight is 344 g/mol. The van der Waals surface area contributed by atoms with Crippen LogP contribution in [0.1, 0.15) is 36.7 Å². The molecule has 1 amide bonds. The molecule has 0 aliphatic carbocycles. The van der Waals surface area contributed by atoms with E-state index in [0.717, 1.165) is 24.2 Å². The van der Waals surface area contributed by atoms with Crippen LogP contribution in [0.3, 0.4) is 0 Å². The predicted octanol–water partition coefficient (Wildman–Crippen LogP) is 1.87. The van der Waals surface area contributed by atoms with E-state index in [1.807, 2.05) is 30.3 Å². The number of ether oxygens (including phenoxy) is 2. The minimum atomic E-state index is -0.284. The lowest BCUT2D eigenvalue weighted by Gasteiger charge is -2.31. The van der Waals surface area contributed by atoms with Crippen molar-refractivity contribution in [3.8, 4) is 0 Å². The monoisotopic (exact) mass is 344 g/mol. The van der Waals surface area contributed by atoms with Crippen LogP contribution in [-0.4, -0.2) is 52.3 Å². The number of hydrogen-bond acceptors (Lipinski definition) is 5. The molecule has 2 aromatic rings. The summed E-state index contributed by atoms with van der Waals surface area (Å²) in [5, 5.41) is 7.15. The number of aromatic nitrogens is 3. The highest BCUT2D eigenvalue weighted by molar-refractivity contribution is 5.77. The van der Waals surface area contributed by atoms with Crippen molar-refractivity contribution in [3.63, 3.8) is 0 Å². The Balaban J connectivity index is 1.49. The number of nitrogens with zero attached hydrogens (tertiary/aromatic N) is 3. The van der Waals surface area contributed by atoms with E-state index in [1.165, 1.54) is 0 Å². The van der Waals surface area contributed by atoms with Crippen LogP contribution >= 0.6 is 0 Å². The van der Waals surface area contributed by atoms with E-state index < -0.39 is 0 Å². The highest BCUT2D eigenvalue weighted by Crippen LogP contribution is 2.19.